The molecule has 0 unspecified atom stereocenters. The molecule has 2 fully saturated rings. The summed E-state index contributed by atoms with van der Waals surface area (Å²) in [5.74, 6) is -0.333. The lowest BCUT2D eigenvalue weighted by Crippen LogP contribution is -2.68. The number of nitrogens with one attached hydrogen (secondary N) is 1. The summed E-state index contributed by atoms with van der Waals surface area (Å²) >= 11 is 0. The van der Waals surface area contributed by atoms with Crippen molar-refractivity contribution in [1.29, 1.82) is 0 Å². The molecule has 2 aliphatic heterocycles. The molecule has 356 valence electrons. The Labute approximate surface area is 399 Å². The zero-order valence-corrected chi connectivity index (χ0v) is 38.3. The summed E-state index contributed by atoms with van der Waals surface area (Å²) in [7, 11) is 0. The van der Waals surface area contributed by atoms with E-state index in [9.17, 15) is 9.90 Å². The molecule has 8 rings (SSSR count). The topological polar surface area (TPSA) is 132 Å². The zero-order chi connectivity index (χ0) is 46.8. The Bertz CT molecular complexity index is 2330. The highest BCUT2D eigenvalue weighted by Crippen LogP contribution is 2.35. The maximum absolute atomic E-state index is 13.4. The second kappa shape index (κ2) is 25.7. The molecule has 6 aromatic rings. The highest BCUT2D eigenvalue weighted by Gasteiger charge is 2.54. The van der Waals surface area contributed by atoms with E-state index in [-0.39, 0.29) is 52.2 Å². The van der Waals surface area contributed by atoms with Crippen LogP contribution in [0.1, 0.15) is 40.3 Å². The fourth-order valence-corrected chi connectivity index (χ4v) is 8.46. The van der Waals surface area contributed by atoms with Crippen LogP contribution in [0.3, 0.4) is 0 Å². The van der Waals surface area contributed by atoms with Gasteiger partial charge in [-0.25, -0.2) is 0 Å². The fourth-order valence-electron chi connectivity index (χ4n) is 8.46. The minimum Gasteiger partial charge on any atom is -0.374 e. The Morgan fingerprint density at radius 3 is 1.18 bits per heavy atom. The Hall–Kier alpha value is -5.61. The molecule has 12 heteroatoms. The third-order valence-corrected chi connectivity index (χ3v) is 11.8. The van der Waals surface area contributed by atoms with Crippen molar-refractivity contribution < 1.29 is 52.5 Å². The first-order chi connectivity index (χ1) is 33.5. The van der Waals surface area contributed by atoms with E-state index in [1.807, 2.05) is 182 Å². The normalized spacial score (nSPS) is 24.9. The number of carbonyl (C=O) groups is 1. The van der Waals surface area contributed by atoms with Gasteiger partial charge in [-0.3, -0.25) is 4.79 Å². The first kappa shape index (κ1) is 48.8. The number of ether oxygens (including phenoxy) is 9. The molecule has 2 saturated heterocycles. The largest absolute Gasteiger partial charge is 0.374 e. The van der Waals surface area contributed by atoms with Crippen molar-refractivity contribution in [2.24, 2.45) is 0 Å². The minimum atomic E-state index is -1.43. The Morgan fingerprint density at radius 2 is 0.779 bits per heavy atom. The van der Waals surface area contributed by atoms with Crippen LogP contribution in [0.4, 0.5) is 0 Å². The smallest absolute Gasteiger partial charge is 0.217 e. The van der Waals surface area contributed by atoms with Gasteiger partial charge >= 0.3 is 0 Å². The van der Waals surface area contributed by atoms with Gasteiger partial charge in [-0.05, 0) is 33.4 Å². The lowest BCUT2D eigenvalue weighted by atomic mass is 9.94. The summed E-state index contributed by atoms with van der Waals surface area (Å²) in [6.07, 6.45) is -8.86. The van der Waals surface area contributed by atoms with Gasteiger partial charge in [0.1, 0.15) is 48.8 Å². The van der Waals surface area contributed by atoms with Crippen LogP contribution in [-0.4, -0.2) is 85.6 Å². The average Bonchev–Trinajstić information content (AvgIpc) is 3.37. The van der Waals surface area contributed by atoms with Gasteiger partial charge in [-0.15, -0.1) is 0 Å². The molecule has 10 atom stereocenters. The van der Waals surface area contributed by atoms with Gasteiger partial charge in [-0.2, -0.15) is 0 Å². The van der Waals surface area contributed by atoms with Gasteiger partial charge in [-0.1, -0.05) is 182 Å². The standard InChI is InChI=1S/C56H61NO11/c1-40(58)57-49-52(63-35-44-26-14-5-15-27-44)50(62-34-43-24-12-4-13-25-43)47(38-60-32-41-20-8-2-9-21-41)67-56(49)68-51-48(39-61-33-42-22-10-3-11-23-42)66-55(59)54(65-37-46-30-18-7-19-31-46)53(51)64-36-45-28-16-6-17-29-45/h2-31,47-56,59H,32-39H2,1H3,(H,57,58)/t47-,48-,49-,50-,51-,52-,53+,54-,55-,56+/m1/s1. The molecule has 0 radical (unpaired) electrons. The second-order valence-electron chi connectivity index (χ2n) is 17.0. The van der Waals surface area contributed by atoms with Crippen molar-refractivity contribution in [2.45, 2.75) is 108 Å². The van der Waals surface area contributed by atoms with E-state index >= 15 is 0 Å². The number of hydrogen-bond acceptors (Lipinski definition) is 11. The second-order valence-corrected chi connectivity index (χ2v) is 17.0. The van der Waals surface area contributed by atoms with E-state index in [1.54, 1.807) is 0 Å². The van der Waals surface area contributed by atoms with Crippen LogP contribution in [0.15, 0.2) is 182 Å². The van der Waals surface area contributed by atoms with E-state index in [2.05, 4.69) is 5.32 Å². The molecule has 12 nitrogen and oxygen atoms in total. The SMILES string of the molecule is CC(=O)N[C@H]1[C@H](O[C@H]2[C@H](OCc3ccccc3)[C@@H](OCc3ccccc3)[C@H](O)O[C@@H]2COCc2ccccc2)O[C@H](COCc2ccccc2)[C@@H](OCc2ccccc2)[C@@H]1OCc1ccccc1. The summed E-state index contributed by atoms with van der Waals surface area (Å²) in [4.78, 5) is 13.4. The summed E-state index contributed by atoms with van der Waals surface area (Å²) in [6.45, 7) is 2.88. The minimum absolute atomic E-state index is 0.00507. The first-order valence-electron chi connectivity index (χ1n) is 23.2. The molecular formula is C56H61NO11. The number of carbonyl (C=O) groups excluding carboxylic acids is 1. The fraction of sp³-hybridized carbons (Fsp3) is 0.339. The van der Waals surface area contributed by atoms with Gasteiger partial charge < -0.3 is 53.1 Å². The Morgan fingerprint density at radius 1 is 0.441 bits per heavy atom. The average molecular weight is 924 g/mol. The molecule has 68 heavy (non-hydrogen) atoms. The number of amides is 1. The zero-order valence-electron chi connectivity index (χ0n) is 38.3. The molecule has 2 heterocycles. The quantitative estimate of drug-likeness (QED) is 0.0647. The summed E-state index contributed by atoms with van der Waals surface area (Å²) in [5.41, 5.74) is 5.62. The van der Waals surface area contributed by atoms with Crippen molar-refractivity contribution >= 4 is 5.91 Å². The third kappa shape index (κ3) is 14.2. The maximum Gasteiger partial charge on any atom is 0.217 e. The molecule has 0 aromatic heterocycles. The lowest BCUT2D eigenvalue weighted by Gasteiger charge is -2.50. The van der Waals surface area contributed by atoms with Gasteiger partial charge in [0.25, 0.3) is 0 Å². The molecule has 0 spiro atoms. The lowest BCUT2D eigenvalue weighted by molar-refractivity contribution is -0.357. The molecule has 0 aliphatic carbocycles. The molecule has 0 saturated carbocycles. The number of benzene rings is 6. The van der Waals surface area contributed by atoms with Crippen molar-refractivity contribution in [3.63, 3.8) is 0 Å². The summed E-state index contributed by atoms with van der Waals surface area (Å²) < 4.78 is 60.5. The van der Waals surface area contributed by atoms with Crippen LogP contribution in [0, 0.1) is 0 Å². The molecule has 2 N–H and O–H groups in total. The number of aliphatic hydroxyl groups is 1. The predicted octanol–water partition coefficient (Wildman–Crippen LogP) is 8.09. The maximum atomic E-state index is 13.4. The molecule has 1 amide bonds. The van der Waals surface area contributed by atoms with E-state index in [1.165, 1.54) is 6.92 Å². The van der Waals surface area contributed by atoms with Crippen molar-refractivity contribution in [2.75, 3.05) is 13.2 Å². The highest BCUT2D eigenvalue weighted by atomic mass is 16.7. The van der Waals surface area contributed by atoms with Gasteiger partial charge in [0.05, 0.1) is 52.9 Å². The summed E-state index contributed by atoms with van der Waals surface area (Å²) in [5, 5.41) is 15.0. The molecule has 0 bridgehead atoms. The molecular weight excluding hydrogens is 863 g/mol. The van der Waals surface area contributed by atoms with E-state index in [0.717, 1.165) is 33.4 Å². The highest BCUT2D eigenvalue weighted by molar-refractivity contribution is 5.73. The predicted molar refractivity (Wildman–Crippen MR) is 254 cm³/mol. The number of hydrogen-bond donors (Lipinski definition) is 2. The van der Waals surface area contributed by atoms with Crippen molar-refractivity contribution in [1.82, 2.24) is 5.32 Å². The van der Waals surface area contributed by atoms with Crippen LogP contribution in [-0.2, 0) is 87.1 Å². The summed E-state index contributed by atoms with van der Waals surface area (Å²) in [6, 6.07) is 57.9. The Kier molecular flexibility index (Phi) is 18.4. The van der Waals surface area contributed by atoms with Gasteiger partial charge in [0.15, 0.2) is 12.6 Å². The monoisotopic (exact) mass is 923 g/mol. The van der Waals surface area contributed by atoms with Gasteiger partial charge in [0.2, 0.25) is 5.91 Å². The van der Waals surface area contributed by atoms with E-state index in [0.29, 0.717) is 6.61 Å². The third-order valence-electron chi connectivity index (χ3n) is 11.8. The van der Waals surface area contributed by atoms with Crippen LogP contribution in [0.5, 0.6) is 0 Å². The Balaban J connectivity index is 1.16. The van der Waals surface area contributed by atoms with Crippen LogP contribution in [0.25, 0.3) is 0 Å². The number of rotatable bonds is 23. The van der Waals surface area contributed by atoms with Gasteiger partial charge in [0, 0.05) is 6.92 Å². The van der Waals surface area contributed by atoms with Crippen molar-refractivity contribution in [3.05, 3.63) is 215 Å². The van der Waals surface area contributed by atoms with Crippen LogP contribution >= 0.6 is 0 Å². The number of aliphatic hydroxyl groups excluding tert-OH is 1. The van der Waals surface area contributed by atoms with E-state index in [4.69, 9.17) is 42.6 Å². The molecule has 6 aromatic carbocycles. The van der Waals surface area contributed by atoms with Crippen LogP contribution < -0.4 is 5.32 Å². The first-order valence-corrected chi connectivity index (χ1v) is 23.2. The molecule has 2 aliphatic rings. The van der Waals surface area contributed by atoms with E-state index < -0.39 is 61.3 Å². The van der Waals surface area contributed by atoms with Crippen molar-refractivity contribution in [3.8, 4) is 0 Å². The van der Waals surface area contributed by atoms with Crippen LogP contribution in [0.2, 0.25) is 0 Å².